The van der Waals surface area contributed by atoms with E-state index in [0.29, 0.717) is 30.3 Å². The highest BCUT2D eigenvalue weighted by Crippen LogP contribution is 2.17. The van der Waals surface area contributed by atoms with Crippen LogP contribution in [0.1, 0.15) is 38.7 Å². The van der Waals surface area contributed by atoms with Gasteiger partial charge in [0.05, 0.1) is 0 Å². The predicted octanol–water partition coefficient (Wildman–Crippen LogP) is 4.21. The maximum Gasteiger partial charge on any atom is 0.226 e. The molecule has 0 atom stereocenters. The molecule has 2 aromatic carbocycles. The summed E-state index contributed by atoms with van der Waals surface area (Å²) in [6.07, 6.45) is 0.357. The summed E-state index contributed by atoms with van der Waals surface area (Å²) in [5.41, 5.74) is 3.62. The fourth-order valence-electron chi connectivity index (χ4n) is 2.41. The van der Waals surface area contributed by atoms with Gasteiger partial charge in [-0.25, -0.2) is 0 Å². The summed E-state index contributed by atoms with van der Waals surface area (Å²) in [5, 5.41) is 8.78. The van der Waals surface area contributed by atoms with Crippen molar-refractivity contribution in [3.05, 3.63) is 54.1 Å². The summed E-state index contributed by atoms with van der Waals surface area (Å²) in [6, 6.07) is 15.4. The van der Waals surface area contributed by atoms with E-state index in [4.69, 9.17) is 0 Å². The first-order valence-corrected chi connectivity index (χ1v) is 8.45. The van der Waals surface area contributed by atoms with Crippen molar-refractivity contribution in [3.63, 3.8) is 0 Å². The zero-order valence-electron chi connectivity index (χ0n) is 14.9. The van der Waals surface area contributed by atoms with Crippen molar-refractivity contribution in [1.29, 1.82) is 0 Å². The molecule has 0 saturated heterocycles. The molecular weight excluding hydrogens is 314 g/mol. The Morgan fingerprint density at radius 2 is 1.56 bits per heavy atom. The molecule has 0 radical (unpaired) electrons. The van der Waals surface area contributed by atoms with Gasteiger partial charge < -0.3 is 16.0 Å². The van der Waals surface area contributed by atoms with E-state index in [1.165, 1.54) is 12.5 Å². The number of anilines is 3. The lowest BCUT2D eigenvalue weighted by atomic mass is 10.0. The molecule has 0 aliphatic carbocycles. The van der Waals surface area contributed by atoms with Crippen LogP contribution in [0.4, 0.5) is 17.1 Å². The van der Waals surface area contributed by atoms with E-state index < -0.39 is 0 Å². The highest BCUT2D eigenvalue weighted by Gasteiger charge is 2.04. The Morgan fingerprint density at radius 1 is 0.920 bits per heavy atom. The van der Waals surface area contributed by atoms with Crippen molar-refractivity contribution in [2.75, 3.05) is 22.5 Å². The van der Waals surface area contributed by atoms with E-state index in [1.54, 1.807) is 24.3 Å². The second kappa shape index (κ2) is 8.87. The average molecular weight is 339 g/mol. The lowest BCUT2D eigenvalue weighted by Crippen LogP contribution is -2.16. The molecule has 0 aliphatic heterocycles. The van der Waals surface area contributed by atoms with Crippen molar-refractivity contribution < 1.29 is 9.59 Å². The van der Waals surface area contributed by atoms with Crippen LogP contribution in [0.15, 0.2) is 48.5 Å². The first-order chi connectivity index (χ1) is 11.9. The number of hydrogen-bond donors (Lipinski definition) is 3. The summed E-state index contributed by atoms with van der Waals surface area (Å²) >= 11 is 0. The molecule has 2 rings (SSSR count). The van der Waals surface area contributed by atoms with E-state index >= 15 is 0 Å². The molecule has 2 aromatic rings. The molecule has 2 amide bonds. The van der Waals surface area contributed by atoms with E-state index in [-0.39, 0.29) is 11.8 Å². The molecule has 25 heavy (non-hydrogen) atoms. The molecule has 5 nitrogen and oxygen atoms in total. The number of carbonyl (C=O) groups is 2. The summed E-state index contributed by atoms with van der Waals surface area (Å²) in [5.74, 6) is 0.288. The van der Waals surface area contributed by atoms with E-state index in [0.717, 1.165) is 5.69 Å². The Kier molecular flexibility index (Phi) is 6.57. The maximum absolute atomic E-state index is 12.0. The van der Waals surface area contributed by atoms with Gasteiger partial charge in [0.15, 0.2) is 0 Å². The minimum absolute atomic E-state index is 0.0775. The summed E-state index contributed by atoms with van der Waals surface area (Å²) < 4.78 is 0. The van der Waals surface area contributed by atoms with Crippen molar-refractivity contribution in [2.45, 2.75) is 33.1 Å². The van der Waals surface area contributed by atoms with E-state index in [1.807, 2.05) is 12.1 Å². The number of nitrogens with one attached hydrogen (secondary N) is 3. The highest BCUT2D eigenvalue weighted by atomic mass is 16.2. The van der Waals surface area contributed by atoms with Crippen molar-refractivity contribution in [2.24, 2.45) is 0 Å². The first kappa shape index (κ1) is 18.5. The van der Waals surface area contributed by atoms with Gasteiger partial charge in [-0.2, -0.15) is 0 Å². The van der Waals surface area contributed by atoms with Crippen LogP contribution >= 0.6 is 0 Å². The monoisotopic (exact) mass is 339 g/mol. The van der Waals surface area contributed by atoms with Crippen molar-refractivity contribution >= 4 is 28.9 Å². The van der Waals surface area contributed by atoms with Crippen LogP contribution in [0.25, 0.3) is 0 Å². The number of benzene rings is 2. The number of rotatable bonds is 7. The van der Waals surface area contributed by atoms with Crippen LogP contribution in [0, 0.1) is 0 Å². The van der Waals surface area contributed by atoms with Gasteiger partial charge in [0.2, 0.25) is 11.8 Å². The second-order valence-corrected chi connectivity index (χ2v) is 6.26. The minimum Gasteiger partial charge on any atom is -0.385 e. The molecule has 0 bridgehead atoms. The molecule has 0 unspecified atom stereocenters. The summed E-state index contributed by atoms with van der Waals surface area (Å²) in [7, 11) is 0. The summed E-state index contributed by atoms with van der Waals surface area (Å²) in [4.78, 5) is 23.1. The standard InChI is InChI=1S/C20H25N3O2/c1-14(2)16-7-9-17(10-8-16)21-12-11-20(25)23-19-6-4-5-18(13-19)22-15(3)24/h4-10,13-14,21H,11-12H2,1-3H3,(H,22,24)(H,23,25). The number of hydrogen-bond acceptors (Lipinski definition) is 3. The molecule has 0 heterocycles. The normalized spacial score (nSPS) is 10.4. The Bertz CT molecular complexity index is 724. The highest BCUT2D eigenvalue weighted by molar-refractivity contribution is 5.93. The quantitative estimate of drug-likeness (QED) is 0.708. The van der Waals surface area contributed by atoms with Gasteiger partial charge in [0.1, 0.15) is 0 Å². The van der Waals surface area contributed by atoms with Gasteiger partial charge in [-0.1, -0.05) is 32.0 Å². The van der Waals surface area contributed by atoms with Gasteiger partial charge >= 0.3 is 0 Å². The zero-order chi connectivity index (χ0) is 18.2. The molecule has 3 N–H and O–H groups in total. The van der Waals surface area contributed by atoms with Crippen LogP contribution in [0.2, 0.25) is 0 Å². The van der Waals surface area contributed by atoms with Gasteiger partial charge in [-0.15, -0.1) is 0 Å². The second-order valence-electron chi connectivity index (χ2n) is 6.26. The predicted molar refractivity (Wildman–Crippen MR) is 103 cm³/mol. The topological polar surface area (TPSA) is 70.2 Å². The third-order valence-corrected chi connectivity index (χ3v) is 3.73. The van der Waals surface area contributed by atoms with Crippen molar-refractivity contribution in [3.8, 4) is 0 Å². The lowest BCUT2D eigenvalue weighted by Gasteiger charge is -2.10. The SMILES string of the molecule is CC(=O)Nc1cccc(NC(=O)CCNc2ccc(C(C)C)cc2)c1. The number of amides is 2. The average Bonchev–Trinajstić information content (AvgIpc) is 2.55. The van der Waals surface area contributed by atoms with Crippen LogP contribution in [0.3, 0.4) is 0 Å². The number of carbonyl (C=O) groups excluding carboxylic acids is 2. The smallest absolute Gasteiger partial charge is 0.226 e. The first-order valence-electron chi connectivity index (χ1n) is 8.45. The molecule has 132 valence electrons. The Morgan fingerprint density at radius 3 is 2.16 bits per heavy atom. The van der Waals surface area contributed by atoms with Crippen LogP contribution in [0.5, 0.6) is 0 Å². The molecule has 5 heteroatoms. The lowest BCUT2D eigenvalue weighted by molar-refractivity contribution is -0.116. The van der Waals surface area contributed by atoms with Crippen LogP contribution in [-0.2, 0) is 9.59 Å². The van der Waals surface area contributed by atoms with Crippen molar-refractivity contribution in [1.82, 2.24) is 0 Å². The largest absolute Gasteiger partial charge is 0.385 e. The Hall–Kier alpha value is -2.82. The Labute approximate surface area is 148 Å². The molecule has 0 saturated carbocycles. The molecular formula is C20H25N3O2. The van der Waals surface area contributed by atoms with E-state index in [2.05, 4.69) is 41.9 Å². The Balaban J connectivity index is 1.79. The minimum atomic E-state index is -0.142. The fourth-order valence-corrected chi connectivity index (χ4v) is 2.41. The van der Waals surface area contributed by atoms with Gasteiger partial charge in [-0.05, 0) is 41.8 Å². The third-order valence-electron chi connectivity index (χ3n) is 3.73. The van der Waals surface area contributed by atoms with Gasteiger partial charge in [0, 0.05) is 37.0 Å². The van der Waals surface area contributed by atoms with Gasteiger partial charge in [0.25, 0.3) is 0 Å². The molecule has 0 spiro atoms. The molecule has 0 fully saturated rings. The summed E-state index contributed by atoms with van der Waals surface area (Å²) in [6.45, 7) is 6.32. The molecule has 0 aliphatic rings. The third kappa shape index (κ3) is 6.30. The van der Waals surface area contributed by atoms with E-state index in [9.17, 15) is 9.59 Å². The van der Waals surface area contributed by atoms with Crippen LogP contribution < -0.4 is 16.0 Å². The maximum atomic E-state index is 12.0. The van der Waals surface area contributed by atoms with Crippen LogP contribution in [-0.4, -0.2) is 18.4 Å². The fraction of sp³-hybridized carbons (Fsp3) is 0.300. The van der Waals surface area contributed by atoms with Gasteiger partial charge in [-0.3, -0.25) is 9.59 Å². The zero-order valence-corrected chi connectivity index (χ0v) is 14.9. The molecule has 0 aromatic heterocycles.